The van der Waals surface area contributed by atoms with Gasteiger partial charge in [-0.15, -0.1) is 0 Å². The van der Waals surface area contributed by atoms with Gasteiger partial charge in [0.05, 0.1) is 0 Å². The van der Waals surface area contributed by atoms with Crippen LogP contribution in [0.5, 0.6) is 11.5 Å². The van der Waals surface area contributed by atoms with E-state index in [2.05, 4.69) is 125 Å². The van der Waals surface area contributed by atoms with Crippen LogP contribution in [-0.4, -0.2) is 27.8 Å². The summed E-state index contributed by atoms with van der Waals surface area (Å²) in [5, 5.41) is 4.32. The number of benzene rings is 6. The van der Waals surface area contributed by atoms with Gasteiger partial charge in [0.2, 0.25) is 0 Å². The minimum atomic E-state index is 0.102. The van der Waals surface area contributed by atoms with E-state index < -0.39 is 0 Å². The minimum absolute atomic E-state index is 0.102. The van der Waals surface area contributed by atoms with Crippen LogP contribution in [0.1, 0.15) is 22.3 Å². The molecule has 0 unspecified atom stereocenters. The summed E-state index contributed by atoms with van der Waals surface area (Å²) in [7, 11) is 3.26. The summed E-state index contributed by atoms with van der Waals surface area (Å²) in [4.78, 5) is 0. The summed E-state index contributed by atoms with van der Waals surface area (Å²) < 4.78 is 24.4. The first-order chi connectivity index (χ1) is 22.1. The van der Waals surface area contributed by atoms with Crippen molar-refractivity contribution in [2.75, 3.05) is 27.8 Å². The molecule has 6 rings (SSSR count). The van der Waals surface area contributed by atoms with Gasteiger partial charge in [-0.2, -0.15) is 0 Å². The molecule has 5 heteroatoms. The molecule has 6 aromatic rings. The molecule has 6 aromatic carbocycles. The molecule has 0 aliphatic heterocycles. The molecular weight excluding hydrogens is 624 g/mol. The summed E-state index contributed by atoms with van der Waals surface area (Å²) in [5.41, 5.74) is 6.19. The summed E-state index contributed by atoms with van der Waals surface area (Å²) >= 11 is 3.49. The van der Waals surface area contributed by atoms with Crippen LogP contribution in [0.4, 0.5) is 0 Å². The quantitative estimate of drug-likeness (QED) is 0.103. The van der Waals surface area contributed by atoms with Gasteiger partial charge in [-0.25, -0.2) is 0 Å². The Bertz CT molecular complexity index is 1980. The predicted octanol–water partition coefficient (Wildman–Crippen LogP) is 10.7. The van der Waals surface area contributed by atoms with Gasteiger partial charge in [-0.05, 0) is 62.5 Å². The third-order valence-corrected chi connectivity index (χ3v) is 8.08. The smallest absolute Gasteiger partial charge is 0.188 e. The zero-order valence-electron chi connectivity index (χ0n) is 25.2. The van der Waals surface area contributed by atoms with E-state index in [1.165, 1.54) is 0 Å². The molecule has 0 saturated carbocycles. The molecule has 0 N–H and O–H groups in total. The molecule has 0 fully saturated rings. The van der Waals surface area contributed by atoms with Crippen LogP contribution in [0.15, 0.2) is 120 Å². The molecule has 0 aliphatic rings. The number of hydrogen-bond donors (Lipinski definition) is 0. The van der Waals surface area contributed by atoms with E-state index in [4.69, 9.17) is 18.9 Å². The average Bonchev–Trinajstić information content (AvgIpc) is 3.08. The largest absolute Gasteiger partial charge is 0.467 e. The lowest BCUT2D eigenvalue weighted by molar-refractivity contribution is 0.0501. The van der Waals surface area contributed by atoms with Gasteiger partial charge in [0.1, 0.15) is 11.5 Å². The van der Waals surface area contributed by atoms with Crippen molar-refractivity contribution in [3.8, 4) is 22.6 Å². The molecule has 45 heavy (non-hydrogen) atoms. The van der Waals surface area contributed by atoms with E-state index in [9.17, 15) is 0 Å². The molecule has 0 bridgehead atoms. The van der Waals surface area contributed by atoms with Gasteiger partial charge >= 0.3 is 0 Å². The van der Waals surface area contributed by atoms with Crippen molar-refractivity contribution in [3.63, 3.8) is 0 Å². The van der Waals surface area contributed by atoms with Crippen molar-refractivity contribution < 1.29 is 18.9 Å². The van der Waals surface area contributed by atoms with Crippen LogP contribution in [-0.2, 0) is 9.47 Å². The molecule has 0 spiro atoms. The van der Waals surface area contributed by atoms with Gasteiger partial charge in [0.25, 0.3) is 0 Å². The van der Waals surface area contributed by atoms with Gasteiger partial charge in [0, 0.05) is 35.4 Å². The molecule has 0 radical (unpaired) electrons. The second-order valence-electron chi connectivity index (χ2n) is 10.5. The lowest BCUT2D eigenvalue weighted by Gasteiger charge is -2.21. The van der Waals surface area contributed by atoms with Crippen molar-refractivity contribution in [2.45, 2.75) is 0 Å². The molecule has 0 saturated heterocycles. The fraction of sp³-hybridized carbons (Fsp3) is 0.100. The van der Waals surface area contributed by atoms with E-state index in [-0.39, 0.29) is 13.6 Å². The summed E-state index contributed by atoms with van der Waals surface area (Å²) in [6.45, 7) is 0.232. The fourth-order valence-corrected chi connectivity index (χ4v) is 5.68. The zero-order valence-corrected chi connectivity index (χ0v) is 26.8. The van der Waals surface area contributed by atoms with E-state index in [0.717, 1.165) is 70.9 Å². The monoisotopic (exact) mass is 656 g/mol. The van der Waals surface area contributed by atoms with Crippen LogP contribution in [0.25, 0.3) is 57.0 Å². The number of rotatable bonds is 11. The highest BCUT2D eigenvalue weighted by Crippen LogP contribution is 2.47. The van der Waals surface area contributed by atoms with E-state index in [1.807, 2.05) is 30.3 Å². The van der Waals surface area contributed by atoms with Crippen LogP contribution < -0.4 is 9.47 Å². The number of ether oxygens (including phenoxy) is 4. The number of halogens is 1. The normalized spacial score (nSPS) is 11.6. The van der Waals surface area contributed by atoms with Crippen LogP contribution in [0, 0.1) is 0 Å². The van der Waals surface area contributed by atoms with Gasteiger partial charge in [-0.1, -0.05) is 131 Å². The molecule has 4 nitrogen and oxygen atoms in total. The third kappa shape index (κ3) is 7.02. The third-order valence-electron chi connectivity index (χ3n) is 7.55. The van der Waals surface area contributed by atoms with Crippen molar-refractivity contribution in [1.82, 2.24) is 0 Å². The lowest BCUT2D eigenvalue weighted by Crippen LogP contribution is -2.05. The average molecular weight is 658 g/mol. The van der Waals surface area contributed by atoms with Gasteiger partial charge in [-0.3, -0.25) is 0 Å². The zero-order chi connectivity index (χ0) is 31.0. The number of hydrogen-bond acceptors (Lipinski definition) is 4. The molecule has 0 aromatic heterocycles. The molecular formula is C40H33BrO4. The minimum Gasteiger partial charge on any atom is -0.467 e. The Labute approximate surface area is 272 Å². The molecule has 224 valence electrons. The predicted molar refractivity (Wildman–Crippen MR) is 190 cm³/mol. The summed E-state index contributed by atoms with van der Waals surface area (Å²) in [6, 6.07) is 39.7. The Morgan fingerprint density at radius 1 is 0.533 bits per heavy atom. The second kappa shape index (κ2) is 14.4. The van der Waals surface area contributed by atoms with Crippen LogP contribution in [0.2, 0.25) is 0 Å². The first-order valence-electron chi connectivity index (χ1n) is 14.7. The molecule has 0 aliphatic carbocycles. The number of methoxy groups -OCH3 is 2. The van der Waals surface area contributed by atoms with E-state index >= 15 is 0 Å². The highest BCUT2D eigenvalue weighted by atomic mass is 79.9. The Balaban J connectivity index is 1.45. The number of fused-ring (bicyclic) bond motifs is 2. The van der Waals surface area contributed by atoms with Crippen molar-refractivity contribution in [3.05, 3.63) is 142 Å². The maximum absolute atomic E-state index is 6.40. The molecule has 0 atom stereocenters. The van der Waals surface area contributed by atoms with Gasteiger partial charge in [0.15, 0.2) is 13.6 Å². The Kier molecular flexibility index (Phi) is 9.71. The summed E-state index contributed by atoms with van der Waals surface area (Å²) in [5.74, 6) is 1.44. The van der Waals surface area contributed by atoms with Crippen LogP contribution >= 0.6 is 15.9 Å². The summed E-state index contributed by atoms with van der Waals surface area (Å²) in [6.07, 6.45) is 8.46. The lowest BCUT2D eigenvalue weighted by atomic mass is 9.90. The standard InChI is InChI=1S/C40H33BrO4/c1-42-26-44-37-24-21-31-7-3-5-9-35(31)38(37)39-36-10-6-4-8-32(36)25-33(40(39)45-27-43-2)20-17-29-14-11-28(12-15-29)13-16-30-18-22-34(41)23-19-30/h3-25H,26-27H2,1-2H3. The first kappa shape index (κ1) is 30.4. The topological polar surface area (TPSA) is 36.9 Å². The maximum atomic E-state index is 6.40. The first-order valence-corrected chi connectivity index (χ1v) is 15.5. The maximum Gasteiger partial charge on any atom is 0.188 e. The molecule has 0 amide bonds. The van der Waals surface area contributed by atoms with E-state index in [1.54, 1.807) is 14.2 Å². The van der Waals surface area contributed by atoms with Crippen molar-refractivity contribution >= 4 is 61.8 Å². The van der Waals surface area contributed by atoms with Crippen LogP contribution in [0.3, 0.4) is 0 Å². The van der Waals surface area contributed by atoms with Crippen molar-refractivity contribution in [1.29, 1.82) is 0 Å². The highest BCUT2D eigenvalue weighted by molar-refractivity contribution is 9.10. The van der Waals surface area contributed by atoms with E-state index in [0.29, 0.717) is 0 Å². The fourth-order valence-electron chi connectivity index (χ4n) is 5.42. The SMILES string of the molecule is COCOc1ccc2ccccc2c1-c1c(OCOC)c(C=Cc2ccc(C=Cc3ccc(Br)cc3)cc2)cc2ccccc12. The highest BCUT2D eigenvalue weighted by Gasteiger charge is 2.21. The Hall–Kier alpha value is -4.68. The van der Waals surface area contributed by atoms with Crippen molar-refractivity contribution in [2.24, 2.45) is 0 Å². The van der Waals surface area contributed by atoms with Gasteiger partial charge < -0.3 is 18.9 Å². The molecule has 0 heterocycles. The Morgan fingerprint density at radius 2 is 1.07 bits per heavy atom. The second-order valence-corrected chi connectivity index (χ2v) is 11.5. The Morgan fingerprint density at radius 3 is 1.71 bits per heavy atom.